The average molecular weight is 303 g/mol. The molecule has 3 nitrogen and oxygen atoms in total. The average Bonchev–Trinajstić information content (AvgIpc) is 3.03. The van der Waals surface area contributed by atoms with Gasteiger partial charge in [0.15, 0.2) is 12.2 Å². The van der Waals surface area contributed by atoms with Crippen LogP contribution in [-0.2, 0) is 6.54 Å². The van der Waals surface area contributed by atoms with Crippen LogP contribution in [-0.4, -0.2) is 4.98 Å². The van der Waals surface area contributed by atoms with E-state index in [1.54, 1.807) is 18.3 Å². The summed E-state index contributed by atoms with van der Waals surface area (Å²) in [6.45, 7) is 0.555. The second-order valence-electron chi connectivity index (χ2n) is 4.55. The van der Waals surface area contributed by atoms with E-state index in [2.05, 4.69) is 10.3 Å². The molecule has 0 radical (unpaired) electrons. The molecule has 0 bridgehead atoms. The van der Waals surface area contributed by atoms with E-state index in [0.29, 0.717) is 12.3 Å². The number of halogens is 2. The first kappa shape index (κ1) is 13.6. The number of rotatable bonds is 4. The SMILES string of the molecule is Fc1ccc(CNc2cccc(-c3cnco3)c2)cc1Cl. The molecule has 0 fully saturated rings. The number of hydrogen-bond donors (Lipinski definition) is 1. The van der Waals surface area contributed by atoms with Gasteiger partial charge >= 0.3 is 0 Å². The van der Waals surface area contributed by atoms with Crippen molar-refractivity contribution in [3.63, 3.8) is 0 Å². The van der Waals surface area contributed by atoms with Crippen LogP contribution in [0.2, 0.25) is 5.02 Å². The number of anilines is 1. The monoisotopic (exact) mass is 302 g/mol. The van der Waals surface area contributed by atoms with Gasteiger partial charge in [0.1, 0.15) is 5.82 Å². The second-order valence-corrected chi connectivity index (χ2v) is 4.96. The summed E-state index contributed by atoms with van der Waals surface area (Å²) < 4.78 is 18.4. The number of nitrogens with one attached hydrogen (secondary N) is 1. The number of aromatic nitrogens is 1. The highest BCUT2D eigenvalue weighted by atomic mass is 35.5. The molecule has 1 heterocycles. The maximum absolute atomic E-state index is 13.1. The molecule has 0 unspecified atom stereocenters. The van der Waals surface area contributed by atoms with Gasteiger partial charge in [-0.2, -0.15) is 0 Å². The highest BCUT2D eigenvalue weighted by Crippen LogP contribution is 2.23. The van der Waals surface area contributed by atoms with Gasteiger partial charge in [-0.05, 0) is 29.8 Å². The molecule has 0 aliphatic rings. The summed E-state index contributed by atoms with van der Waals surface area (Å²) in [6, 6.07) is 12.5. The summed E-state index contributed by atoms with van der Waals surface area (Å²) in [7, 11) is 0. The van der Waals surface area contributed by atoms with Crippen molar-refractivity contribution in [3.05, 3.63) is 71.5 Å². The van der Waals surface area contributed by atoms with Gasteiger partial charge in [0, 0.05) is 17.8 Å². The number of hydrogen-bond acceptors (Lipinski definition) is 3. The second kappa shape index (κ2) is 5.97. The van der Waals surface area contributed by atoms with Crippen LogP contribution in [0, 0.1) is 5.82 Å². The van der Waals surface area contributed by atoms with E-state index in [4.69, 9.17) is 16.0 Å². The van der Waals surface area contributed by atoms with Gasteiger partial charge in [-0.15, -0.1) is 0 Å². The smallest absolute Gasteiger partial charge is 0.181 e. The van der Waals surface area contributed by atoms with Crippen molar-refractivity contribution in [2.24, 2.45) is 0 Å². The summed E-state index contributed by atoms with van der Waals surface area (Å²) in [5.74, 6) is 0.302. The largest absolute Gasteiger partial charge is 0.444 e. The minimum absolute atomic E-state index is 0.129. The Labute approximate surface area is 126 Å². The van der Waals surface area contributed by atoms with E-state index in [0.717, 1.165) is 16.8 Å². The minimum Gasteiger partial charge on any atom is -0.444 e. The van der Waals surface area contributed by atoms with Crippen molar-refractivity contribution >= 4 is 17.3 Å². The third kappa shape index (κ3) is 3.23. The molecule has 21 heavy (non-hydrogen) atoms. The minimum atomic E-state index is -0.410. The van der Waals surface area contributed by atoms with Crippen molar-refractivity contribution in [2.75, 3.05) is 5.32 Å². The Bertz CT molecular complexity index is 744. The van der Waals surface area contributed by atoms with Crippen LogP contribution in [0.1, 0.15) is 5.56 Å². The fourth-order valence-corrected chi connectivity index (χ4v) is 2.20. The predicted octanol–water partition coefficient (Wildman–Crippen LogP) is 4.75. The first-order chi connectivity index (χ1) is 10.2. The summed E-state index contributed by atoms with van der Waals surface area (Å²) in [5, 5.41) is 3.40. The zero-order valence-corrected chi connectivity index (χ0v) is 11.8. The van der Waals surface area contributed by atoms with Gasteiger partial charge < -0.3 is 9.73 Å². The Kier molecular flexibility index (Phi) is 3.88. The molecular formula is C16H12ClFN2O. The summed E-state index contributed by atoms with van der Waals surface area (Å²) in [5.41, 5.74) is 2.78. The zero-order valence-electron chi connectivity index (χ0n) is 11.0. The highest BCUT2D eigenvalue weighted by Gasteiger charge is 2.04. The lowest BCUT2D eigenvalue weighted by molar-refractivity contribution is 0.572. The fourth-order valence-electron chi connectivity index (χ4n) is 1.99. The van der Waals surface area contributed by atoms with Crippen LogP contribution in [0.3, 0.4) is 0 Å². The van der Waals surface area contributed by atoms with Crippen molar-refractivity contribution in [1.29, 1.82) is 0 Å². The highest BCUT2D eigenvalue weighted by molar-refractivity contribution is 6.30. The Balaban J connectivity index is 1.73. The molecule has 0 aliphatic carbocycles. The number of benzene rings is 2. The van der Waals surface area contributed by atoms with E-state index < -0.39 is 5.82 Å². The van der Waals surface area contributed by atoms with E-state index in [9.17, 15) is 4.39 Å². The Morgan fingerprint density at radius 1 is 1.19 bits per heavy atom. The van der Waals surface area contributed by atoms with E-state index in [1.165, 1.54) is 12.5 Å². The summed E-state index contributed by atoms with van der Waals surface area (Å²) in [6.07, 6.45) is 3.06. The van der Waals surface area contributed by atoms with Crippen LogP contribution in [0.15, 0.2) is 59.5 Å². The van der Waals surface area contributed by atoms with Crippen LogP contribution in [0.4, 0.5) is 10.1 Å². The van der Waals surface area contributed by atoms with Crippen molar-refractivity contribution in [1.82, 2.24) is 4.98 Å². The number of oxazole rings is 1. The van der Waals surface area contributed by atoms with E-state index in [1.807, 2.05) is 24.3 Å². The maximum atomic E-state index is 13.1. The van der Waals surface area contributed by atoms with E-state index in [-0.39, 0.29) is 5.02 Å². The Morgan fingerprint density at radius 2 is 2.10 bits per heavy atom. The zero-order chi connectivity index (χ0) is 14.7. The molecule has 3 aromatic rings. The Hall–Kier alpha value is -2.33. The van der Waals surface area contributed by atoms with Crippen LogP contribution in [0.5, 0.6) is 0 Å². The molecule has 0 saturated carbocycles. The lowest BCUT2D eigenvalue weighted by Crippen LogP contribution is -1.99. The molecule has 2 aromatic carbocycles. The standard InChI is InChI=1S/C16H12ClFN2O/c17-14-6-11(4-5-15(14)18)8-20-13-3-1-2-12(7-13)16-9-19-10-21-16/h1-7,9-10,20H,8H2. The van der Waals surface area contributed by atoms with Crippen molar-refractivity contribution in [3.8, 4) is 11.3 Å². The molecule has 106 valence electrons. The van der Waals surface area contributed by atoms with Crippen LogP contribution < -0.4 is 5.32 Å². The molecule has 0 saturated heterocycles. The first-order valence-corrected chi connectivity index (χ1v) is 6.77. The quantitative estimate of drug-likeness (QED) is 0.756. The molecule has 0 amide bonds. The van der Waals surface area contributed by atoms with Gasteiger partial charge in [0.05, 0.1) is 11.2 Å². The lowest BCUT2D eigenvalue weighted by atomic mass is 10.1. The van der Waals surface area contributed by atoms with Crippen molar-refractivity contribution < 1.29 is 8.81 Å². The topological polar surface area (TPSA) is 38.1 Å². The molecule has 0 aliphatic heterocycles. The third-order valence-electron chi connectivity index (χ3n) is 3.06. The third-order valence-corrected chi connectivity index (χ3v) is 3.35. The van der Waals surface area contributed by atoms with Crippen molar-refractivity contribution in [2.45, 2.75) is 6.54 Å². The normalized spacial score (nSPS) is 10.6. The molecule has 1 N–H and O–H groups in total. The van der Waals surface area contributed by atoms with Crippen LogP contribution in [0.25, 0.3) is 11.3 Å². The van der Waals surface area contributed by atoms with Gasteiger partial charge in [0.2, 0.25) is 0 Å². The first-order valence-electron chi connectivity index (χ1n) is 6.39. The molecule has 0 atom stereocenters. The number of nitrogens with zero attached hydrogens (tertiary/aromatic N) is 1. The molecule has 1 aromatic heterocycles. The Morgan fingerprint density at radius 3 is 2.86 bits per heavy atom. The molecular weight excluding hydrogens is 291 g/mol. The maximum Gasteiger partial charge on any atom is 0.181 e. The van der Waals surface area contributed by atoms with Gasteiger partial charge in [0.25, 0.3) is 0 Å². The summed E-state index contributed by atoms with van der Waals surface area (Å²) >= 11 is 5.77. The van der Waals surface area contributed by atoms with Gasteiger partial charge in [-0.1, -0.05) is 29.8 Å². The molecule has 3 rings (SSSR count). The van der Waals surface area contributed by atoms with Crippen LogP contribution >= 0.6 is 11.6 Å². The van der Waals surface area contributed by atoms with Gasteiger partial charge in [-0.3, -0.25) is 0 Å². The molecule has 0 spiro atoms. The fraction of sp³-hybridized carbons (Fsp3) is 0.0625. The van der Waals surface area contributed by atoms with Gasteiger partial charge in [-0.25, -0.2) is 9.37 Å². The van der Waals surface area contributed by atoms with E-state index >= 15 is 0 Å². The summed E-state index contributed by atoms with van der Waals surface area (Å²) in [4.78, 5) is 3.90. The lowest BCUT2D eigenvalue weighted by Gasteiger charge is -2.08. The molecule has 5 heteroatoms. The predicted molar refractivity (Wildman–Crippen MR) is 80.7 cm³/mol.